The van der Waals surface area contributed by atoms with Crippen LogP contribution in [0.2, 0.25) is 0 Å². The van der Waals surface area contributed by atoms with Gasteiger partial charge in [0.25, 0.3) is 0 Å². The largest absolute Gasteiger partial charge is 0.120 e. The lowest BCUT2D eigenvalue weighted by Gasteiger charge is -2.07. The third-order valence-electron chi connectivity index (χ3n) is 1.85. The van der Waals surface area contributed by atoms with Gasteiger partial charge in [-0.3, -0.25) is 0 Å². The molecular formula is C12H12. The summed E-state index contributed by atoms with van der Waals surface area (Å²) in [7, 11) is 0. The molecule has 0 aliphatic rings. The van der Waals surface area contributed by atoms with E-state index in [9.17, 15) is 0 Å². The van der Waals surface area contributed by atoms with Crippen LogP contribution in [0.5, 0.6) is 0 Å². The molecule has 12 heavy (non-hydrogen) atoms. The number of terminal acetylenes is 1. The molecule has 0 amide bonds. The van der Waals surface area contributed by atoms with Crippen LogP contribution in [0.4, 0.5) is 0 Å². The Morgan fingerprint density at radius 1 is 1.42 bits per heavy atom. The third kappa shape index (κ3) is 2.00. The van der Waals surface area contributed by atoms with Gasteiger partial charge >= 0.3 is 0 Å². The molecule has 0 aliphatic carbocycles. The van der Waals surface area contributed by atoms with E-state index in [1.165, 1.54) is 5.56 Å². The molecule has 0 bridgehead atoms. The van der Waals surface area contributed by atoms with Crippen molar-refractivity contribution in [2.75, 3.05) is 0 Å². The van der Waals surface area contributed by atoms with Gasteiger partial charge in [-0.1, -0.05) is 36.4 Å². The molecule has 0 spiro atoms. The van der Waals surface area contributed by atoms with Crippen molar-refractivity contribution in [1.29, 1.82) is 0 Å². The number of benzene rings is 1. The van der Waals surface area contributed by atoms with Crippen LogP contribution < -0.4 is 0 Å². The second-order valence-electron chi connectivity index (χ2n) is 2.66. The molecule has 1 aromatic rings. The van der Waals surface area contributed by atoms with Crippen molar-refractivity contribution >= 4 is 0 Å². The monoisotopic (exact) mass is 156 g/mol. The number of hydrogen-bond donors (Lipinski definition) is 0. The van der Waals surface area contributed by atoms with Gasteiger partial charge < -0.3 is 0 Å². The first kappa shape index (κ1) is 8.62. The second kappa shape index (κ2) is 4.41. The normalized spacial score (nSPS) is 11.6. The molecule has 0 heterocycles. The molecule has 0 radical (unpaired) electrons. The minimum atomic E-state index is 0.302. The zero-order valence-electron chi connectivity index (χ0n) is 7.03. The first-order valence-corrected chi connectivity index (χ1v) is 3.99. The van der Waals surface area contributed by atoms with Crippen molar-refractivity contribution in [2.45, 2.75) is 12.3 Å². The van der Waals surface area contributed by atoms with Gasteiger partial charge in [0.15, 0.2) is 0 Å². The Hall–Kier alpha value is -1.48. The molecule has 0 aromatic heterocycles. The van der Waals surface area contributed by atoms with Crippen LogP contribution in [0.25, 0.3) is 0 Å². The molecular weight excluding hydrogens is 144 g/mol. The predicted octanol–water partition coefficient (Wildman–Crippen LogP) is 2.98. The summed E-state index contributed by atoms with van der Waals surface area (Å²) in [6, 6.07) is 10.2. The Morgan fingerprint density at radius 2 is 2.08 bits per heavy atom. The lowest BCUT2D eigenvalue weighted by Crippen LogP contribution is -1.92. The molecule has 0 saturated carbocycles. The Labute approximate surface area is 73.9 Å². The minimum Gasteiger partial charge on any atom is -0.120 e. The molecule has 1 rings (SSSR count). The summed E-state index contributed by atoms with van der Waals surface area (Å²) < 4.78 is 0. The Morgan fingerprint density at radius 3 is 2.58 bits per heavy atom. The Kier molecular flexibility index (Phi) is 3.17. The van der Waals surface area contributed by atoms with Gasteiger partial charge in [-0.25, -0.2) is 0 Å². The van der Waals surface area contributed by atoms with E-state index >= 15 is 0 Å². The Balaban J connectivity index is 2.81. The molecule has 0 nitrogen and oxygen atoms in total. The summed E-state index contributed by atoms with van der Waals surface area (Å²) in [4.78, 5) is 0. The highest BCUT2D eigenvalue weighted by atomic mass is 14.1. The average Bonchev–Trinajstić information content (AvgIpc) is 2.15. The van der Waals surface area contributed by atoms with Crippen molar-refractivity contribution in [3.8, 4) is 12.3 Å². The van der Waals surface area contributed by atoms with Crippen molar-refractivity contribution in [3.63, 3.8) is 0 Å². The van der Waals surface area contributed by atoms with Crippen LogP contribution in [-0.4, -0.2) is 0 Å². The maximum Gasteiger partial charge on any atom is 0.0190 e. The fourth-order valence-electron chi connectivity index (χ4n) is 1.16. The molecule has 0 saturated heterocycles. The maximum atomic E-state index is 5.24. The summed E-state index contributed by atoms with van der Waals surface area (Å²) >= 11 is 0. The van der Waals surface area contributed by atoms with E-state index in [0.717, 1.165) is 6.42 Å². The van der Waals surface area contributed by atoms with Crippen LogP contribution in [0, 0.1) is 12.3 Å². The molecule has 0 heteroatoms. The van der Waals surface area contributed by atoms with Crippen LogP contribution in [0.1, 0.15) is 17.9 Å². The van der Waals surface area contributed by atoms with Crippen molar-refractivity contribution in [1.82, 2.24) is 0 Å². The Bertz CT molecular complexity index is 277. The quantitative estimate of drug-likeness (QED) is 0.466. The topological polar surface area (TPSA) is 0 Å². The molecule has 0 N–H and O–H groups in total. The molecule has 1 atom stereocenters. The van der Waals surface area contributed by atoms with Gasteiger partial charge in [0, 0.05) is 12.3 Å². The first-order valence-electron chi connectivity index (χ1n) is 3.99. The standard InChI is InChI=1S/C12H12/c1-3-8-11(4-2)12-9-6-5-7-10-12/h1,4-7,9-11H,2,8H2. The molecule has 0 aliphatic heterocycles. The number of rotatable bonds is 3. The summed E-state index contributed by atoms with van der Waals surface area (Å²) in [6.45, 7) is 3.76. The van der Waals surface area contributed by atoms with Crippen LogP contribution in [-0.2, 0) is 0 Å². The lowest BCUT2D eigenvalue weighted by atomic mass is 9.96. The smallest absolute Gasteiger partial charge is 0.0190 e. The van der Waals surface area contributed by atoms with E-state index in [1.807, 2.05) is 24.3 Å². The SMILES string of the molecule is C#CCC(C=C)c1ccccc1. The van der Waals surface area contributed by atoms with E-state index in [0.29, 0.717) is 5.92 Å². The van der Waals surface area contributed by atoms with Crippen LogP contribution >= 0.6 is 0 Å². The summed E-state index contributed by atoms with van der Waals surface area (Å²) in [5.74, 6) is 2.95. The second-order valence-corrected chi connectivity index (χ2v) is 2.66. The summed E-state index contributed by atoms with van der Waals surface area (Å²) in [6.07, 6.45) is 7.87. The molecule has 1 aromatic carbocycles. The van der Waals surface area contributed by atoms with E-state index < -0.39 is 0 Å². The molecule has 0 fully saturated rings. The van der Waals surface area contributed by atoms with Gasteiger partial charge in [0.05, 0.1) is 0 Å². The van der Waals surface area contributed by atoms with Gasteiger partial charge in [-0.2, -0.15) is 0 Å². The third-order valence-corrected chi connectivity index (χ3v) is 1.85. The maximum absolute atomic E-state index is 5.24. The average molecular weight is 156 g/mol. The number of hydrogen-bond acceptors (Lipinski definition) is 0. The minimum absolute atomic E-state index is 0.302. The van der Waals surface area contributed by atoms with Gasteiger partial charge in [0.1, 0.15) is 0 Å². The molecule has 60 valence electrons. The first-order chi connectivity index (χ1) is 5.88. The van der Waals surface area contributed by atoms with Gasteiger partial charge in [0.2, 0.25) is 0 Å². The van der Waals surface area contributed by atoms with E-state index in [-0.39, 0.29) is 0 Å². The zero-order chi connectivity index (χ0) is 8.81. The van der Waals surface area contributed by atoms with Crippen molar-refractivity contribution < 1.29 is 0 Å². The van der Waals surface area contributed by atoms with Crippen LogP contribution in [0.3, 0.4) is 0 Å². The van der Waals surface area contributed by atoms with Gasteiger partial charge in [-0.15, -0.1) is 18.9 Å². The zero-order valence-corrected chi connectivity index (χ0v) is 7.03. The summed E-state index contributed by atoms with van der Waals surface area (Å²) in [5, 5.41) is 0. The van der Waals surface area contributed by atoms with E-state index in [2.05, 4.69) is 24.6 Å². The number of allylic oxidation sites excluding steroid dienone is 1. The summed E-state index contributed by atoms with van der Waals surface area (Å²) in [5.41, 5.74) is 1.24. The van der Waals surface area contributed by atoms with E-state index in [4.69, 9.17) is 6.42 Å². The molecule has 1 unspecified atom stereocenters. The lowest BCUT2D eigenvalue weighted by molar-refractivity contribution is 0.886. The van der Waals surface area contributed by atoms with Gasteiger partial charge in [-0.05, 0) is 5.56 Å². The fraction of sp³-hybridized carbons (Fsp3) is 0.167. The highest BCUT2D eigenvalue weighted by molar-refractivity contribution is 5.24. The predicted molar refractivity (Wildman–Crippen MR) is 52.8 cm³/mol. The van der Waals surface area contributed by atoms with Crippen LogP contribution in [0.15, 0.2) is 43.0 Å². The van der Waals surface area contributed by atoms with E-state index in [1.54, 1.807) is 0 Å². The van der Waals surface area contributed by atoms with Crippen molar-refractivity contribution in [3.05, 3.63) is 48.6 Å². The highest BCUT2D eigenvalue weighted by Gasteiger charge is 2.03. The fourth-order valence-corrected chi connectivity index (χ4v) is 1.16. The highest BCUT2D eigenvalue weighted by Crippen LogP contribution is 2.19. The van der Waals surface area contributed by atoms with Crippen molar-refractivity contribution in [2.24, 2.45) is 0 Å².